The quantitative estimate of drug-likeness (QED) is 0.419. The number of aryl methyl sites for hydroxylation is 1. The maximum Gasteiger partial charge on any atom is 0.310 e. The van der Waals surface area contributed by atoms with E-state index in [-0.39, 0.29) is 23.7 Å². The van der Waals surface area contributed by atoms with Crippen LogP contribution in [0.1, 0.15) is 84.3 Å². The predicted octanol–water partition coefficient (Wildman–Crippen LogP) is 6.59. The van der Waals surface area contributed by atoms with Crippen LogP contribution < -0.4 is 5.32 Å². The van der Waals surface area contributed by atoms with Gasteiger partial charge in [0.2, 0.25) is 5.91 Å². The molecule has 1 heterocycles. The number of benzene rings is 1. The highest BCUT2D eigenvalue weighted by molar-refractivity contribution is 6.30. The molecule has 0 aliphatic rings. The van der Waals surface area contributed by atoms with Crippen molar-refractivity contribution in [3.05, 3.63) is 51.8 Å². The number of esters is 1. The van der Waals surface area contributed by atoms with E-state index in [1.807, 2.05) is 72.7 Å². The fraction of sp³-hybridized carbons (Fsp3) is 0.552. The molecule has 0 atom stereocenters. The standard InChI is InChI=1S/C23H29ClN2O3.C4H10O.C2H6/c1-14-19(13-25-20(27)12-23(3,4)5)26-15(2)18(11-21(28)29-6)22(14)16-7-9-17(24)10-8-16;1-4(2,3)5;1-2/h7-10H,11-13H2,1-6H3,(H,25,27);5H,1-3H3;1-2H3. The lowest BCUT2D eigenvalue weighted by Crippen LogP contribution is -2.28. The first-order valence-electron chi connectivity index (χ1n) is 12.3. The van der Waals surface area contributed by atoms with Crippen LogP contribution in [0.15, 0.2) is 24.3 Å². The lowest BCUT2D eigenvalue weighted by atomic mass is 9.91. The topological polar surface area (TPSA) is 88.5 Å². The zero-order valence-electron chi connectivity index (χ0n) is 23.9. The highest BCUT2D eigenvalue weighted by atomic mass is 35.5. The Morgan fingerprint density at radius 1 is 1.03 bits per heavy atom. The molecule has 1 aromatic heterocycles. The van der Waals surface area contributed by atoms with Crippen LogP contribution in [0.5, 0.6) is 0 Å². The summed E-state index contributed by atoms with van der Waals surface area (Å²) in [5.41, 5.74) is 4.56. The lowest BCUT2D eigenvalue weighted by Gasteiger charge is -2.20. The van der Waals surface area contributed by atoms with Gasteiger partial charge in [0.05, 0.1) is 31.4 Å². The molecule has 0 bridgehead atoms. The summed E-state index contributed by atoms with van der Waals surface area (Å²) in [5, 5.41) is 12.1. The summed E-state index contributed by atoms with van der Waals surface area (Å²) >= 11 is 6.05. The van der Waals surface area contributed by atoms with Crippen molar-refractivity contribution < 1.29 is 19.4 Å². The average molecular weight is 521 g/mol. The predicted molar refractivity (Wildman–Crippen MR) is 149 cm³/mol. The van der Waals surface area contributed by atoms with Crippen molar-refractivity contribution in [3.63, 3.8) is 0 Å². The number of aromatic nitrogens is 1. The maximum absolute atomic E-state index is 12.3. The third-order valence-corrected chi connectivity index (χ3v) is 4.93. The normalized spacial score (nSPS) is 10.9. The van der Waals surface area contributed by atoms with E-state index in [0.717, 1.165) is 33.6 Å². The lowest BCUT2D eigenvalue weighted by molar-refractivity contribution is -0.139. The summed E-state index contributed by atoms with van der Waals surface area (Å²) in [7, 11) is 1.37. The minimum atomic E-state index is -0.500. The first kappa shape index (κ1) is 33.6. The molecule has 0 saturated heterocycles. The number of amides is 1. The van der Waals surface area contributed by atoms with E-state index in [1.54, 1.807) is 20.8 Å². The Kier molecular flexibility index (Phi) is 13.9. The van der Waals surface area contributed by atoms with E-state index >= 15 is 0 Å². The van der Waals surface area contributed by atoms with Crippen LogP contribution in [0.2, 0.25) is 5.02 Å². The SMILES string of the molecule is CC.CC(C)(C)O.COC(=O)Cc1c(C)nc(CNC(=O)CC(C)(C)C)c(C)c1-c1ccc(Cl)cc1. The largest absolute Gasteiger partial charge is 0.469 e. The summed E-state index contributed by atoms with van der Waals surface area (Å²) < 4.78 is 4.87. The second-order valence-corrected chi connectivity index (χ2v) is 11.0. The number of nitrogens with zero attached hydrogens (tertiary/aromatic N) is 1. The van der Waals surface area contributed by atoms with Gasteiger partial charge in [-0.05, 0) is 74.4 Å². The smallest absolute Gasteiger partial charge is 0.310 e. The second kappa shape index (κ2) is 15.0. The molecule has 2 aromatic rings. The molecule has 0 radical (unpaired) electrons. The minimum Gasteiger partial charge on any atom is -0.469 e. The molecule has 0 spiro atoms. The summed E-state index contributed by atoms with van der Waals surface area (Å²) in [6.45, 7) is 19.5. The maximum atomic E-state index is 12.3. The van der Waals surface area contributed by atoms with Crippen LogP contribution >= 0.6 is 11.6 Å². The molecule has 7 heteroatoms. The van der Waals surface area contributed by atoms with Crippen LogP contribution in [0.3, 0.4) is 0 Å². The molecule has 0 saturated carbocycles. The molecule has 2 N–H and O–H groups in total. The van der Waals surface area contributed by atoms with E-state index in [2.05, 4.69) is 10.3 Å². The van der Waals surface area contributed by atoms with Crippen LogP contribution in [-0.2, 0) is 27.3 Å². The number of rotatable bonds is 6. The van der Waals surface area contributed by atoms with Crippen molar-refractivity contribution in [1.82, 2.24) is 10.3 Å². The number of hydrogen-bond acceptors (Lipinski definition) is 5. The highest BCUT2D eigenvalue weighted by Gasteiger charge is 2.20. The van der Waals surface area contributed by atoms with Crippen molar-refractivity contribution in [2.45, 2.75) is 94.2 Å². The molecule has 0 fully saturated rings. The Bertz CT molecular complexity index is 982. The number of carbonyl (C=O) groups is 2. The Hall–Kier alpha value is -2.44. The van der Waals surface area contributed by atoms with Gasteiger partial charge in [-0.1, -0.05) is 58.4 Å². The van der Waals surface area contributed by atoms with Crippen molar-refractivity contribution >= 4 is 23.5 Å². The Morgan fingerprint density at radius 3 is 1.97 bits per heavy atom. The van der Waals surface area contributed by atoms with Crippen LogP contribution in [-0.4, -0.2) is 34.7 Å². The minimum absolute atomic E-state index is 0.0111. The molecule has 36 heavy (non-hydrogen) atoms. The van der Waals surface area contributed by atoms with Gasteiger partial charge in [-0.25, -0.2) is 0 Å². The van der Waals surface area contributed by atoms with Gasteiger partial charge in [0.1, 0.15) is 0 Å². The van der Waals surface area contributed by atoms with E-state index in [0.29, 0.717) is 18.0 Å². The Labute approximate surface area is 222 Å². The molecular weight excluding hydrogens is 476 g/mol. The zero-order chi connectivity index (χ0) is 28.3. The average Bonchev–Trinajstić information content (AvgIpc) is 2.75. The van der Waals surface area contributed by atoms with Crippen molar-refractivity contribution in [2.75, 3.05) is 7.11 Å². The highest BCUT2D eigenvalue weighted by Crippen LogP contribution is 2.32. The molecule has 0 aliphatic heterocycles. The Balaban J connectivity index is 0.00000156. The first-order chi connectivity index (χ1) is 16.5. The molecule has 2 rings (SSSR count). The first-order valence-corrected chi connectivity index (χ1v) is 12.7. The monoisotopic (exact) mass is 520 g/mol. The van der Waals surface area contributed by atoms with Gasteiger partial charge in [-0.15, -0.1) is 0 Å². The summed E-state index contributed by atoms with van der Waals surface area (Å²) in [4.78, 5) is 28.9. The van der Waals surface area contributed by atoms with Crippen molar-refractivity contribution in [2.24, 2.45) is 5.41 Å². The van der Waals surface area contributed by atoms with Gasteiger partial charge in [0.15, 0.2) is 0 Å². The van der Waals surface area contributed by atoms with Crippen LogP contribution in [0, 0.1) is 19.3 Å². The number of aliphatic hydroxyl groups is 1. The molecule has 202 valence electrons. The fourth-order valence-corrected chi connectivity index (χ4v) is 3.37. The van der Waals surface area contributed by atoms with Gasteiger partial charge in [0.25, 0.3) is 0 Å². The van der Waals surface area contributed by atoms with Gasteiger partial charge in [-0.2, -0.15) is 0 Å². The second-order valence-electron chi connectivity index (χ2n) is 10.6. The third kappa shape index (κ3) is 13.0. The summed E-state index contributed by atoms with van der Waals surface area (Å²) in [6, 6.07) is 7.48. The zero-order valence-corrected chi connectivity index (χ0v) is 24.7. The van der Waals surface area contributed by atoms with Crippen molar-refractivity contribution in [3.8, 4) is 11.1 Å². The van der Waals surface area contributed by atoms with Gasteiger partial charge >= 0.3 is 5.97 Å². The molecular formula is C29H45ClN2O4. The number of nitrogens with one attached hydrogen (secondary N) is 1. The number of methoxy groups -OCH3 is 1. The summed E-state index contributed by atoms with van der Waals surface area (Å²) in [6.07, 6.45) is 0.570. The molecule has 1 amide bonds. The van der Waals surface area contributed by atoms with E-state index in [4.69, 9.17) is 21.4 Å². The summed E-state index contributed by atoms with van der Waals surface area (Å²) in [5.74, 6) is -0.334. The molecule has 0 unspecified atom stereocenters. The molecule has 1 aromatic carbocycles. The van der Waals surface area contributed by atoms with Gasteiger partial charge < -0.3 is 15.2 Å². The third-order valence-electron chi connectivity index (χ3n) is 4.67. The van der Waals surface area contributed by atoms with Gasteiger partial charge in [0, 0.05) is 17.1 Å². The van der Waals surface area contributed by atoms with Crippen LogP contribution in [0.25, 0.3) is 11.1 Å². The van der Waals surface area contributed by atoms with E-state index in [1.165, 1.54) is 7.11 Å². The van der Waals surface area contributed by atoms with E-state index < -0.39 is 5.60 Å². The van der Waals surface area contributed by atoms with Gasteiger partial charge in [-0.3, -0.25) is 14.6 Å². The number of pyridine rings is 1. The molecule has 0 aliphatic carbocycles. The number of ether oxygens (including phenoxy) is 1. The van der Waals surface area contributed by atoms with Crippen molar-refractivity contribution in [1.29, 1.82) is 0 Å². The number of hydrogen-bond donors (Lipinski definition) is 2. The molecule has 6 nitrogen and oxygen atoms in total. The number of halogens is 1. The van der Waals surface area contributed by atoms with E-state index in [9.17, 15) is 9.59 Å². The number of carbonyl (C=O) groups excluding carboxylic acids is 2. The Morgan fingerprint density at radius 2 is 1.53 bits per heavy atom. The van der Waals surface area contributed by atoms with Crippen LogP contribution in [0.4, 0.5) is 0 Å². The fourth-order valence-electron chi connectivity index (χ4n) is 3.24.